The molecule has 7 rings (SSSR count). The highest BCUT2D eigenvalue weighted by Gasteiger charge is 2.17. The molecular weight excluding hydrogens is 573 g/mol. The van der Waals surface area contributed by atoms with Crippen molar-refractivity contribution in [2.75, 3.05) is 12.8 Å². The van der Waals surface area contributed by atoms with Crippen molar-refractivity contribution in [1.82, 2.24) is 35.2 Å². The van der Waals surface area contributed by atoms with Gasteiger partial charge in [0, 0.05) is 53.6 Å². The molecule has 0 saturated heterocycles. The van der Waals surface area contributed by atoms with Crippen molar-refractivity contribution in [2.24, 2.45) is 5.92 Å². The normalized spacial score (nSPS) is 14.6. The Hall–Kier alpha value is -4.25. The van der Waals surface area contributed by atoms with Crippen LogP contribution in [0.25, 0.3) is 55.6 Å². The van der Waals surface area contributed by atoms with Crippen LogP contribution in [0, 0.1) is 11.7 Å². The number of pyridine rings is 2. The number of hydrogen-bond acceptors (Lipinski definition) is 5. The van der Waals surface area contributed by atoms with Crippen molar-refractivity contribution < 1.29 is 8.60 Å². The first-order valence-electron chi connectivity index (χ1n) is 15.0. The summed E-state index contributed by atoms with van der Waals surface area (Å²) >= 11 is 0. The van der Waals surface area contributed by atoms with E-state index >= 15 is 0 Å². The second kappa shape index (κ2) is 12.4. The molecule has 0 spiro atoms. The monoisotopic (exact) mass is 607 g/mol. The highest BCUT2D eigenvalue weighted by Crippen LogP contribution is 2.35. The lowest BCUT2D eigenvalue weighted by molar-refractivity contribution is 0.489. The largest absolute Gasteiger partial charge is 0.353 e. The molecule has 224 valence electrons. The van der Waals surface area contributed by atoms with Gasteiger partial charge in [0.05, 0.1) is 34.1 Å². The number of nitrogens with one attached hydrogen (secondary N) is 4. The zero-order valence-corrected chi connectivity index (χ0v) is 25.3. The van der Waals surface area contributed by atoms with E-state index in [1.165, 1.54) is 37.8 Å². The number of fused-ring (bicyclic) bond motifs is 2. The molecule has 6 aromatic rings. The van der Waals surface area contributed by atoms with Crippen LogP contribution in [0.2, 0.25) is 0 Å². The predicted octanol–water partition coefficient (Wildman–Crippen LogP) is 6.64. The lowest BCUT2D eigenvalue weighted by Crippen LogP contribution is -2.20. The fourth-order valence-corrected chi connectivity index (χ4v) is 6.64. The summed E-state index contributed by atoms with van der Waals surface area (Å²) in [5.74, 6) is 0.452. The van der Waals surface area contributed by atoms with E-state index in [-0.39, 0.29) is 5.82 Å². The molecule has 0 bridgehead atoms. The zero-order valence-electron chi connectivity index (χ0n) is 24.5. The Morgan fingerprint density at radius 3 is 2.66 bits per heavy atom. The molecule has 1 aliphatic rings. The minimum atomic E-state index is -1.19. The van der Waals surface area contributed by atoms with E-state index in [1.807, 2.05) is 42.9 Å². The van der Waals surface area contributed by atoms with Gasteiger partial charge in [-0.15, -0.1) is 0 Å². The van der Waals surface area contributed by atoms with Crippen LogP contribution in [0.4, 0.5) is 4.39 Å². The molecule has 10 heteroatoms. The van der Waals surface area contributed by atoms with E-state index in [9.17, 15) is 8.60 Å². The molecule has 1 saturated carbocycles. The molecule has 1 atom stereocenters. The molecule has 4 heterocycles. The fraction of sp³-hybridized carbons (Fsp3) is 0.265. The molecule has 1 fully saturated rings. The minimum absolute atomic E-state index is 0.313. The number of rotatable bonds is 10. The Morgan fingerprint density at radius 2 is 1.80 bits per heavy atom. The average molecular weight is 608 g/mol. The summed E-state index contributed by atoms with van der Waals surface area (Å²) in [5.41, 5.74) is 8.68. The van der Waals surface area contributed by atoms with Gasteiger partial charge < -0.3 is 10.3 Å². The first kappa shape index (κ1) is 28.5. The lowest BCUT2D eigenvalue weighted by atomic mass is 9.99. The van der Waals surface area contributed by atoms with Crippen LogP contribution >= 0.6 is 0 Å². The summed E-state index contributed by atoms with van der Waals surface area (Å²) in [5, 5.41) is 13.3. The van der Waals surface area contributed by atoms with Crippen molar-refractivity contribution in [3.63, 3.8) is 0 Å². The van der Waals surface area contributed by atoms with Crippen molar-refractivity contribution in [2.45, 2.75) is 38.8 Å². The number of H-pyrrole nitrogens is 2. The lowest BCUT2D eigenvalue weighted by Gasteiger charge is -2.11. The van der Waals surface area contributed by atoms with E-state index < -0.39 is 11.0 Å². The van der Waals surface area contributed by atoms with Gasteiger partial charge in [-0.2, -0.15) is 5.10 Å². The molecule has 4 N–H and O–H groups in total. The minimum Gasteiger partial charge on any atom is -0.353 e. The molecule has 8 nitrogen and oxygen atoms in total. The third-order valence-electron chi connectivity index (χ3n) is 8.44. The smallest absolute Gasteiger partial charge is 0.124 e. The van der Waals surface area contributed by atoms with Crippen molar-refractivity contribution in [3.05, 3.63) is 90.1 Å². The quantitative estimate of drug-likeness (QED) is 0.140. The Morgan fingerprint density at radius 1 is 0.932 bits per heavy atom. The highest BCUT2D eigenvalue weighted by atomic mass is 32.2. The van der Waals surface area contributed by atoms with Crippen LogP contribution < -0.4 is 10.0 Å². The number of nitrogens with zero attached hydrogens (tertiary/aromatic N) is 3. The van der Waals surface area contributed by atoms with Crippen molar-refractivity contribution >= 4 is 32.8 Å². The number of aromatic amines is 2. The number of aromatic nitrogens is 5. The van der Waals surface area contributed by atoms with Crippen LogP contribution in [0.1, 0.15) is 36.8 Å². The third kappa shape index (κ3) is 6.06. The topological polar surface area (TPSA) is 111 Å². The van der Waals surface area contributed by atoms with Gasteiger partial charge in [0.15, 0.2) is 0 Å². The summed E-state index contributed by atoms with van der Waals surface area (Å²) in [4.78, 5) is 12.7. The SMILES string of the molecule is CS(=O)NCc1cc(F)cc(-c2cccc3[nH]c(-c4n[nH]c5cnc(-c6cncc(CNCC7CCCC7)c6)cc45)cc23)c1. The van der Waals surface area contributed by atoms with Gasteiger partial charge in [0.25, 0.3) is 0 Å². The maximum atomic E-state index is 14.6. The number of halogens is 1. The highest BCUT2D eigenvalue weighted by molar-refractivity contribution is 7.82. The van der Waals surface area contributed by atoms with Crippen molar-refractivity contribution in [1.29, 1.82) is 0 Å². The summed E-state index contributed by atoms with van der Waals surface area (Å²) < 4.78 is 29.0. The standard InChI is InChI=1S/C34H34FN7OS/c1-44(43)39-18-22-9-24(12-26(35)11-22)27-7-4-8-30-28(27)13-32(40-30)34-29-14-31(38-20-33(29)41-42-34)25-10-23(17-37-19-25)16-36-15-21-5-2-3-6-21/h4,7-14,17,19-21,36,39-40H,2-3,5-6,15-16,18H2,1H3,(H,41,42). The van der Waals surface area contributed by atoms with E-state index in [0.29, 0.717) is 6.54 Å². The molecule has 4 aromatic heterocycles. The Kier molecular flexibility index (Phi) is 8.03. The van der Waals surface area contributed by atoms with Gasteiger partial charge in [-0.1, -0.05) is 25.0 Å². The maximum absolute atomic E-state index is 14.6. The molecule has 0 aliphatic heterocycles. The number of hydrogen-bond donors (Lipinski definition) is 4. The van der Waals surface area contributed by atoms with Gasteiger partial charge >= 0.3 is 0 Å². The van der Waals surface area contributed by atoms with E-state index in [1.54, 1.807) is 6.26 Å². The molecule has 0 radical (unpaired) electrons. The maximum Gasteiger partial charge on any atom is 0.124 e. The van der Waals surface area contributed by atoms with Crippen LogP contribution in [0.15, 0.2) is 73.2 Å². The molecular formula is C34H34FN7OS. The summed E-state index contributed by atoms with van der Waals surface area (Å²) in [6, 6.07) is 17.1. The Bertz CT molecular complexity index is 1980. The predicted molar refractivity (Wildman–Crippen MR) is 174 cm³/mol. The van der Waals surface area contributed by atoms with E-state index in [0.717, 1.165) is 85.7 Å². The summed E-state index contributed by atoms with van der Waals surface area (Å²) in [6.45, 7) is 2.15. The summed E-state index contributed by atoms with van der Waals surface area (Å²) in [6.07, 6.45) is 12.5. The molecule has 44 heavy (non-hydrogen) atoms. The Balaban J connectivity index is 1.19. The third-order valence-corrected chi connectivity index (χ3v) is 8.99. The second-order valence-corrected chi connectivity index (χ2v) is 12.8. The number of benzene rings is 2. The summed E-state index contributed by atoms with van der Waals surface area (Å²) in [7, 11) is -1.19. The van der Waals surface area contributed by atoms with Crippen LogP contribution in [0.3, 0.4) is 0 Å². The van der Waals surface area contributed by atoms with E-state index in [4.69, 9.17) is 4.98 Å². The van der Waals surface area contributed by atoms with Crippen LogP contribution in [0.5, 0.6) is 0 Å². The van der Waals surface area contributed by atoms with Crippen LogP contribution in [-0.2, 0) is 24.1 Å². The van der Waals surface area contributed by atoms with Gasteiger partial charge in [0.2, 0.25) is 0 Å². The molecule has 1 unspecified atom stereocenters. The van der Waals surface area contributed by atoms with Gasteiger partial charge in [-0.05, 0) is 90.0 Å². The molecule has 0 amide bonds. The van der Waals surface area contributed by atoms with Gasteiger partial charge in [-0.3, -0.25) is 15.1 Å². The van der Waals surface area contributed by atoms with Crippen molar-refractivity contribution in [3.8, 4) is 33.8 Å². The fourth-order valence-electron chi connectivity index (χ4n) is 6.27. The van der Waals surface area contributed by atoms with E-state index in [2.05, 4.69) is 48.4 Å². The van der Waals surface area contributed by atoms with Gasteiger partial charge in [0.1, 0.15) is 11.5 Å². The molecule has 1 aliphatic carbocycles. The first-order chi connectivity index (χ1) is 21.5. The van der Waals surface area contributed by atoms with Gasteiger partial charge in [-0.25, -0.2) is 13.3 Å². The second-order valence-electron chi connectivity index (χ2n) is 11.6. The average Bonchev–Trinajstić information content (AvgIpc) is 3.79. The Labute approximate surface area is 257 Å². The van der Waals surface area contributed by atoms with Crippen LogP contribution in [-0.4, -0.2) is 42.2 Å². The molecule has 2 aromatic carbocycles. The first-order valence-corrected chi connectivity index (χ1v) is 16.5. The zero-order chi connectivity index (χ0) is 30.0.